The number of ether oxygens (including phenoxy) is 1. The van der Waals surface area contributed by atoms with E-state index in [9.17, 15) is 9.59 Å². The molecule has 27 heavy (non-hydrogen) atoms. The number of hydrogen-bond donors (Lipinski definition) is 0. The van der Waals surface area contributed by atoms with Crippen molar-refractivity contribution in [1.29, 1.82) is 0 Å². The normalized spacial score (nSPS) is 17.2. The van der Waals surface area contributed by atoms with Crippen LogP contribution in [0, 0.1) is 6.92 Å². The second-order valence-corrected chi connectivity index (χ2v) is 7.14. The number of benzene rings is 2. The molecule has 0 saturated heterocycles. The molecule has 0 aromatic heterocycles. The van der Waals surface area contributed by atoms with Crippen LogP contribution < -0.4 is 9.64 Å². The molecule has 4 rings (SSSR count). The van der Waals surface area contributed by atoms with Gasteiger partial charge in [-0.15, -0.1) is 0 Å². The molecule has 2 aliphatic rings. The minimum absolute atomic E-state index is 0.0244. The van der Waals surface area contributed by atoms with E-state index in [0.29, 0.717) is 36.4 Å². The van der Waals surface area contributed by atoms with Crippen LogP contribution in [0.25, 0.3) is 0 Å². The first-order valence-corrected chi connectivity index (χ1v) is 9.27. The molecule has 2 heterocycles. The fraction of sp³-hybridized carbons (Fsp3) is 0.318. The number of Topliss-reactive ketones (excluding diaryl/α,β-unsaturated/α-hetero) is 1. The third-order valence-corrected chi connectivity index (χ3v) is 5.07. The molecule has 0 spiro atoms. The maximum Gasteiger partial charge on any atom is 0.261 e. The van der Waals surface area contributed by atoms with Crippen molar-refractivity contribution in [2.75, 3.05) is 11.5 Å². The summed E-state index contributed by atoms with van der Waals surface area (Å²) in [5, 5.41) is 0. The standard InChI is InChI=1S/C22H22N2O3/c1-14-10-18-19(12-21(14)27-9-5-6-15(2)25)23-13-17-11-16-7-3-4-8-20(16)24(17)22(18)26/h3-4,7-8,10,12-13,17H,5-6,9,11H2,1-2H3/t17-/m0/s1. The summed E-state index contributed by atoms with van der Waals surface area (Å²) in [6.45, 7) is 3.98. The number of nitrogens with zero attached hydrogens (tertiary/aromatic N) is 2. The molecule has 1 amide bonds. The molecular formula is C22H22N2O3. The quantitative estimate of drug-likeness (QED) is 0.755. The third kappa shape index (κ3) is 3.25. The maximum atomic E-state index is 13.2. The van der Waals surface area contributed by atoms with Crippen molar-refractivity contribution in [2.45, 2.75) is 39.2 Å². The number of ketones is 1. The Kier molecular flexibility index (Phi) is 4.52. The van der Waals surface area contributed by atoms with Gasteiger partial charge in [-0.05, 0) is 43.5 Å². The molecule has 5 nitrogen and oxygen atoms in total. The maximum absolute atomic E-state index is 13.2. The Morgan fingerprint density at radius 1 is 1.30 bits per heavy atom. The Labute approximate surface area is 158 Å². The summed E-state index contributed by atoms with van der Waals surface area (Å²) in [7, 11) is 0. The molecule has 0 aliphatic carbocycles. The van der Waals surface area contributed by atoms with Gasteiger partial charge in [-0.3, -0.25) is 14.7 Å². The zero-order valence-corrected chi connectivity index (χ0v) is 15.6. The van der Waals surface area contributed by atoms with E-state index in [1.807, 2.05) is 48.4 Å². The SMILES string of the molecule is CC(=O)CCCOc1cc2c(cc1C)C(=O)N1c3ccccc3C[C@H]1C=N2. The van der Waals surface area contributed by atoms with Gasteiger partial charge in [-0.2, -0.15) is 0 Å². The largest absolute Gasteiger partial charge is 0.493 e. The first-order valence-electron chi connectivity index (χ1n) is 9.27. The second-order valence-electron chi connectivity index (χ2n) is 7.14. The zero-order chi connectivity index (χ0) is 19.0. The van der Waals surface area contributed by atoms with Gasteiger partial charge in [0.1, 0.15) is 11.5 Å². The van der Waals surface area contributed by atoms with Gasteiger partial charge in [0.15, 0.2) is 0 Å². The molecular weight excluding hydrogens is 340 g/mol. The van der Waals surface area contributed by atoms with Crippen LogP contribution in [0.1, 0.15) is 41.3 Å². The molecule has 0 fully saturated rings. The smallest absolute Gasteiger partial charge is 0.261 e. The van der Waals surface area contributed by atoms with Crippen molar-refractivity contribution in [3.05, 3.63) is 53.1 Å². The van der Waals surface area contributed by atoms with E-state index in [4.69, 9.17) is 4.74 Å². The highest BCUT2D eigenvalue weighted by atomic mass is 16.5. The zero-order valence-electron chi connectivity index (χ0n) is 15.6. The number of aliphatic imine (C=N–C) groups is 1. The van der Waals surface area contributed by atoms with Crippen LogP contribution in [0.4, 0.5) is 11.4 Å². The molecule has 0 N–H and O–H groups in total. The number of rotatable bonds is 5. The number of carbonyl (C=O) groups excluding carboxylic acids is 2. The van der Waals surface area contributed by atoms with Crippen molar-refractivity contribution in [2.24, 2.45) is 4.99 Å². The Hall–Kier alpha value is -2.95. The van der Waals surface area contributed by atoms with Crippen LogP contribution in [-0.2, 0) is 11.2 Å². The monoisotopic (exact) mass is 362 g/mol. The fourth-order valence-corrected chi connectivity index (χ4v) is 3.70. The highest BCUT2D eigenvalue weighted by Crippen LogP contribution is 2.38. The molecule has 0 saturated carbocycles. The van der Waals surface area contributed by atoms with E-state index < -0.39 is 0 Å². The Bertz CT molecular complexity index is 949. The van der Waals surface area contributed by atoms with Gasteiger partial charge in [0, 0.05) is 30.8 Å². The number of fused-ring (bicyclic) bond motifs is 4. The number of amides is 1. The summed E-state index contributed by atoms with van der Waals surface area (Å²) in [6, 6.07) is 11.7. The van der Waals surface area contributed by atoms with E-state index in [1.54, 1.807) is 6.92 Å². The minimum Gasteiger partial charge on any atom is -0.493 e. The highest BCUT2D eigenvalue weighted by molar-refractivity contribution is 6.14. The second kappa shape index (κ2) is 6.99. The number of aryl methyl sites for hydroxylation is 1. The predicted octanol–water partition coefficient (Wildman–Crippen LogP) is 4.03. The number of anilines is 1. The van der Waals surface area contributed by atoms with Crippen LogP contribution in [0.15, 0.2) is 41.4 Å². The molecule has 138 valence electrons. The van der Waals surface area contributed by atoms with E-state index in [-0.39, 0.29) is 17.7 Å². The lowest BCUT2D eigenvalue weighted by Crippen LogP contribution is -2.37. The van der Waals surface area contributed by atoms with Gasteiger partial charge in [0.05, 0.1) is 23.9 Å². The number of para-hydroxylation sites is 1. The predicted molar refractivity (Wildman–Crippen MR) is 105 cm³/mol. The molecule has 2 aliphatic heterocycles. The van der Waals surface area contributed by atoms with Crippen molar-refractivity contribution in [3.63, 3.8) is 0 Å². The number of hydrogen-bond acceptors (Lipinski definition) is 4. The van der Waals surface area contributed by atoms with Gasteiger partial charge < -0.3 is 9.53 Å². The van der Waals surface area contributed by atoms with E-state index in [2.05, 4.69) is 11.1 Å². The van der Waals surface area contributed by atoms with Gasteiger partial charge in [0.2, 0.25) is 0 Å². The van der Waals surface area contributed by atoms with Gasteiger partial charge in [-0.1, -0.05) is 18.2 Å². The Morgan fingerprint density at radius 2 is 2.11 bits per heavy atom. The summed E-state index contributed by atoms with van der Waals surface area (Å²) in [4.78, 5) is 30.7. The summed E-state index contributed by atoms with van der Waals surface area (Å²) in [5.74, 6) is 0.849. The van der Waals surface area contributed by atoms with E-state index in [0.717, 1.165) is 17.7 Å². The van der Waals surface area contributed by atoms with Crippen molar-refractivity contribution in [3.8, 4) is 5.75 Å². The minimum atomic E-state index is -0.0532. The summed E-state index contributed by atoms with van der Waals surface area (Å²) < 4.78 is 5.83. The molecule has 0 unspecified atom stereocenters. The molecule has 1 atom stereocenters. The van der Waals surface area contributed by atoms with Gasteiger partial charge in [-0.25, -0.2) is 0 Å². The first kappa shape index (κ1) is 17.5. The van der Waals surface area contributed by atoms with Crippen LogP contribution in [0.3, 0.4) is 0 Å². The van der Waals surface area contributed by atoms with Crippen LogP contribution in [0.2, 0.25) is 0 Å². The van der Waals surface area contributed by atoms with Gasteiger partial charge >= 0.3 is 0 Å². The molecule has 2 aromatic carbocycles. The Morgan fingerprint density at radius 3 is 2.93 bits per heavy atom. The molecule has 5 heteroatoms. The Balaban J connectivity index is 1.62. The van der Waals surface area contributed by atoms with Crippen LogP contribution >= 0.6 is 0 Å². The number of carbonyl (C=O) groups is 2. The molecule has 0 bridgehead atoms. The average molecular weight is 362 g/mol. The van der Waals surface area contributed by atoms with Gasteiger partial charge in [0.25, 0.3) is 5.91 Å². The van der Waals surface area contributed by atoms with Crippen molar-refractivity contribution < 1.29 is 14.3 Å². The molecule has 0 radical (unpaired) electrons. The summed E-state index contributed by atoms with van der Waals surface area (Å²) >= 11 is 0. The first-order chi connectivity index (χ1) is 13.0. The average Bonchev–Trinajstić information content (AvgIpc) is 2.96. The topological polar surface area (TPSA) is 59.0 Å². The van der Waals surface area contributed by atoms with Crippen LogP contribution in [-0.4, -0.2) is 30.6 Å². The fourth-order valence-electron chi connectivity index (χ4n) is 3.70. The lowest BCUT2D eigenvalue weighted by Gasteiger charge is -2.21. The van der Waals surface area contributed by atoms with E-state index >= 15 is 0 Å². The molecule has 2 aromatic rings. The summed E-state index contributed by atoms with van der Waals surface area (Å²) in [6.07, 6.45) is 3.84. The third-order valence-electron chi connectivity index (χ3n) is 5.07. The van der Waals surface area contributed by atoms with Crippen LogP contribution in [0.5, 0.6) is 5.75 Å². The highest BCUT2D eigenvalue weighted by Gasteiger charge is 2.36. The van der Waals surface area contributed by atoms with Crippen molar-refractivity contribution in [1.82, 2.24) is 0 Å². The summed E-state index contributed by atoms with van der Waals surface area (Å²) in [5.41, 5.74) is 4.27. The lowest BCUT2D eigenvalue weighted by molar-refractivity contribution is -0.117. The van der Waals surface area contributed by atoms with E-state index in [1.165, 1.54) is 5.56 Å². The lowest BCUT2D eigenvalue weighted by atomic mass is 10.1. The van der Waals surface area contributed by atoms with Crippen molar-refractivity contribution >= 4 is 29.3 Å².